The zero-order chi connectivity index (χ0) is 18.8. The smallest absolute Gasteiger partial charge is 0.0967 e. The van der Waals surface area contributed by atoms with E-state index < -0.39 is 0 Å². The van der Waals surface area contributed by atoms with E-state index in [1.165, 1.54) is 41.1 Å². The van der Waals surface area contributed by atoms with Gasteiger partial charge in [-0.3, -0.25) is 9.80 Å². The van der Waals surface area contributed by atoms with Gasteiger partial charge in [0.2, 0.25) is 0 Å². The third-order valence-corrected chi connectivity index (χ3v) is 6.99. The van der Waals surface area contributed by atoms with Crippen LogP contribution in [-0.2, 0) is 13.1 Å². The van der Waals surface area contributed by atoms with Crippen molar-refractivity contribution in [3.63, 3.8) is 0 Å². The summed E-state index contributed by atoms with van der Waals surface area (Å²) in [5.74, 6) is 2.48. The van der Waals surface area contributed by atoms with Crippen LogP contribution in [0.4, 0.5) is 0 Å². The Balaban J connectivity index is 1.16. The monoisotopic (exact) mass is 396 g/mol. The van der Waals surface area contributed by atoms with Crippen molar-refractivity contribution in [2.45, 2.75) is 32.0 Å². The van der Waals surface area contributed by atoms with E-state index in [0.29, 0.717) is 6.04 Å². The molecule has 1 N–H and O–H groups in total. The summed E-state index contributed by atoms with van der Waals surface area (Å²) in [6.07, 6.45) is 6.64. The molecule has 1 aromatic carbocycles. The van der Waals surface area contributed by atoms with Gasteiger partial charge in [-0.2, -0.15) is 11.8 Å². The summed E-state index contributed by atoms with van der Waals surface area (Å²) < 4.78 is 2.12. The Kier molecular flexibility index (Phi) is 5.38. The van der Waals surface area contributed by atoms with Crippen LogP contribution in [0.15, 0.2) is 36.7 Å². The molecule has 2 fully saturated rings. The van der Waals surface area contributed by atoms with E-state index in [9.17, 15) is 0 Å². The molecule has 0 unspecified atom stereocenters. The van der Waals surface area contributed by atoms with Crippen molar-refractivity contribution in [3.05, 3.63) is 47.9 Å². The maximum atomic E-state index is 4.46. The quantitative estimate of drug-likeness (QED) is 0.718. The van der Waals surface area contributed by atoms with Gasteiger partial charge < -0.3 is 4.98 Å². The number of fused-ring (bicyclic) bond motifs is 1. The molecule has 2 saturated heterocycles. The third-order valence-electron chi connectivity index (χ3n) is 6.05. The molecule has 7 heteroatoms. The normalized spacial score (nSPS) is 20.1. The van der Waals surface area contributed by atoms with Crippen LogP contribution in [0.25, 0.3) is 10.9 Å². The Morgan fingerprint density at radius 1 is 1.00 bits per heavy atom. The van der Waals surface area contributed by atoms with E-state index in [4.69, 9.17) is 0 Å². The van der Waals surface area contributed by atoms with Gasteiger partial charge in [0, 0.05) is 67.9 Å². The van der Waals surface area contributed by atoms with Crippen molar-refractivity contribution in [1.29, 1.82) is 0 Å². The van der Waals surface area contributed by atoms with Crippen molar-refractivity contribution >= 4 is 22.7 Å². The number of nitrogens with one attached hydrogen (secondary N) is 1. The molecule has 148 valence electrons. The SMILES string of the molecule is c1ccc2c(CN3CCC(n4cc(CN5CCSCC5)nn4)CC3)c[nH]c2c1. The molecular weight excluding hydrogens is 368 g/mol. The number of aromatic nitrogens is 4. The number of hydrogen-bond acceptors (Lipinski definition) is 5. The second kappa shape index (κ2) is 8.27. The average molecular weight is 397 g/mol. The minimum atomic E-state index is 0.484. The van der Waals surface area contributed by atoms with Crippen molar-refractivity contribution in [3.8, 4) is 0 Å². The number of piperidine rings is 1. The fourth-order valence-electron chi connectivity index (χ4n) is 4.40. The van der Waals surface area contributed by atoms with Crippen LogP contribution in [0, 0.1) is 0 Å². The van der Waals surface area contributed by atoms with Crippen molar-refractivity contribution in [2.75, 3.05) is 37.7 Å². The van der Waals surface area contributed by atoms with Gasteiger partial charge in [0.15, 0.2) is 0 Å². The second-order valence-corrected chi connectivity index (χ2v) is 9.17. The standard InChI is InChI=1S/C21H28N6S/c1-2-4-21-20(3-1)17(13-22-21)14-25-7-5-19(6-8-25)27-16-18(23-24-27)15-26-9-11-28-12-10-26/h1-4,13,16,19,22H,5-12,14-15H2. The van der Waals surface area contributed by atoms with E-state index in [0.717, 1.165) is 44.7 Å². The Morgan fingerprint density at radius 3 is 2.64 bits per heavy atom. The van der Waals surface area contributed by atoms with Gasteiger partial charge in [-0.15, -0.1) is 5.10 Å². The first-order valence-corrected chi connectivity index (χ1v) is 11.5. The molecule has 0 spiro atoms. The zero-order valence-electron chi connectivity index (χ0n) is 16.3. The number of nitrogens with zero attached hydrogens (tertiary/aromatic N) is 5. The maximum absolute atomic E-state index is 4.46. The number of aromatic amines is 1. The van der Waals surface area contributed by atoms with Crippen LogP contribution in [0.5, 0.6) is 0 Å². The summed E-state index contributed by atoms with van der Waals surface area (Å²) >= 11 is 2.05. The van der Waals surface area contributed by atoms with Crippen LogP contribution in [-0.4, -0.2) is 67.5 Å². The molecule has 28 heavy (non-hydrogen) atoms. The third kappa shape index (κ3) is 3.97. The molecule has 2 aliphatic rings. The predicted molar refractivity (Wildman–Crippen MR) is 114 cm³/mol. The predicted octanol–water partition coefficient (Wildman–Crippen LogP) is 3.15. The first-order chi connectivity index (χ1) is 13.8. The van der Waals surface area contributed by atoms with Gasteiger partial charge in [-0.1, -0.05) is 23.4 Å². The first kappa shape index (κ1) is 18.2. The Hall–Kier alpha value is -1.83. The number of rotatable bonds is 5. The number of para-hydroxylation sites is 1. The van der Waals surface area contributed by atoms with Gasteiger partial charge in [-0.05, 0) is 24.5 Å². The Labute approximate surface area is 170 Å². The fraction of sp³-hybridized carbons (Fsp3) is 0.524. The van der Waals surface area contributed by atoms with Crippen molar-refractivity contribution in [2.24, 2.45) is 0 Å². The first-order valence-electron chi connectivity index (χ1n) is 10.3. The summed E-state index contributed by atoms with van der Waals surface area (Å²) in [5.41, 5.74) is 3.75. The molecule has 0 saturated carbocycles. The number of likely N-dealkylation sites (tertiary alicyclic amines) is 1. The number of hydrogen-bond donors (Lipinski definition) is 1. The lowest BCUT2D eigenvalue weighted by Gasteiger charge is -2.31. The van der Waals surface area contributed by atoms with Gasteiger partial charge in [0.05, 0.1) is 17.9 Å². The van der Waals surface area contributed by atoms with E-state index in [-0.39, 0.29) is 0 Å². The van der Waals surface area contributed by atoms with Crippen LogP contribution < -0.4 is 0 Å². The highest BCUT2D eigenvalue weighted by molar-refractivity contribution is 7.99. The second-order valence-electron chi connectivity index (χ2n) is 7.95. The largest absolute Gasteiger partial charge is 0.361 e. The van der Waals surface area contributed by atoms with Crippen LogP contribution in [0.1, 0.15) is 30.1 Å². The molecule has 4 heterocycles. The molecule has 6 nitrogen and oxygen atoms in total. The molecular formula is C21H28N6S. The summed E-state index contributed by atoms with van der Waals surface area (Å²) in [6, 6.07) is 9.06. The van der Waals surface area contributed by atoms with E-state index in [1.807, 2.05) is 11.8 Å². The molecule has 2 aliphatic heterocycles. The van der Waals surface area contributed by atoms with Crippen molar-refractivity contribution in [1.82, 2.24) is 29.8 Å². The molecule has 0 atom stereocenters. The minimum Gasteiger partial charge on any atom is -0.361 e. The summed E-state index contributed by atoms with van der Waals surface area (Å²) in [7, 11) is 0. The summed E-state index contributed by atoms with van der Waals surface area (Å²) in [4.78, 5) is 8.45. The highest BCUT2D eigenvalue weighted by Gasteiger charge is 2.23. The topological polar surface area (TPSA) is 53.0 Å². The Bertz CT molecular complexity index is 904. The molecule has 0 radical (unpaired) electrons. The molecule has 0 amide bonds. The fourth-order valence-corrected chi connectivity index (χ4v) is 5.38. The molecule has 2 aromatic heterocycles. The van der Waals surface area contributed by atoms with E-state index in [2.05, 4.69) is 66.4 Å². The van der Waals surface area contributed by atoms with Crippen molar-refractivity contribution < 1.29 is 0 Å². The molecule has 0 bridgehead atoms. The lowest BCUT2D eigenvalue weighted by Crippen LogP contribution is -2.34. The summed E-state index contributed by atoms with van der Waals surface area (Å²) in [6.45, 7) is 6.53. The molecule has 0 aliphatic carbocycles. The highest BCUT2D eigenvalue weighted by Crippen LogP contribution is 2.25. The zero-order valence-corrected chi connectivity index (χ0v) is 17.1. The Morgan fingerprint density at radius 2 is 1.79 bits per heavy atom. The van der Waals surface area contributed by atoms with E-state index in [1.54, 1.807) is 0 Å². The highest BCUT2D eigenvalue weighted by atomic mass is 32.2. The average Bonchev–Trinajstić information content (AvgIpc) is 3.37. The maximum Gasteiger partial charge on any atom is 0.0967 e. The van der Waals surface area contributed by atoms with Gasteiger partial charge >= 0.3 is 0 Å². The molecule has 3 aromatic rings. The van der Waals surface area contributed by atoms with Gasteiger partial charge in [0.1, 0.15) is 0 Å². The number of H-pyrrole nitrogens is 1. The lowest BCUT2D eigenvalue weighted by molar-refractivity contribution is 0.172. The molecule has 5 rings (SSSR count). The van der Waals surface area contributed by atoms with Gasteiger partial charge in [-0.25, -0.2) is 4.68 Å². The number of benzene rings is 1. The van der Waals surface area contributed by atoms with E-state index >= 15 is 0 Å². The lowest BCUT2D eigenvalue weighted by atomic mass is 10.0. The van der Waals surface area contributed by atoms with Crippen LogP contribution in [0.3, 0.4) is 0 Å². The van der Waals surface area contributed by atoms with Crippen LogP contribution in [0.2, 0.25) is 0 Å². The van der Waals surface area contributed by atoms with Crippen LogP contribution >= 0.6 is 11.8 Å². The number of thioether (sulfide) groups is 1. The summed E-state index contributed by atoms with van der Waals surface area (Å²) in [5, 5.41) is 10.3. The minimum absolute atomic E-state index is 0.484. The van der Waals surface area contributed by atoms with Gasteiger partial charge in [0.25, 0.3) is 0 Å².